The van der Waals surface area contributed by atoms with Crippen molar-refractivity contribution in [1.82, 2.24) is 14.8 Å². The van der Waals surface area contributed by atoms with Crippen LogP contribution in [0.2, 0.25) is 0 Å². The lowest BCUT2D eigenvalue weighted by atomic mass is 10.2. The molecule has 3 rings (SSSR count). The molecule has 0 aliphatic carbocycles. The molecule has 6 heteroatoms. The number of anilines is 1. The van der Waals surface area contributed by atoms with Crippen molar-refractivity contribution in [1.29, 1.82) is 0 Å². The summed E-state index contributed by atoms with van der Waals surface area (Å²) in [5, 5.41) is 6.92. The molecular weight excluding hydrogens is 268 g/mol. The number of amides is 1. The van der Waals surface area contributed by atoms with Gasteiger partial charge >= 0.3 is 0 Å². The number of aromatic nitrogens is 3. The molecular formula is C15H14N4O2. The van der Waals surface area contributed by atoms with Crippen LogP contribution in [0.1, 0.15) is 16.2 Å². The summed E-state index contributed by atoms with van der Waals surface area (Å²) in [6.45, 7) is 1.86. The first-order valence-corrected chi connectivity index (χ1v) is 6.46. The quantitative estimate of drug-likeness (QED) is 0.801. The van der Waals surface area contributed by atoms with E-state index >= 15 is 0 Å². The topological polar surface area (TPSA) is 73.0 Å². The maximum atomic E-state index is 12.1. The average Bonchev–Trinajstić information content (AvgIpc) is 3.07. The average molecular weight is 282 g/mol. The van der Waals surface area contributed by atoms with Crippen molar-refractivity contribution in [2.75, 3.05) is 5.32 Å². The Morgan fingerprint density at radius 3 is 2.71 bits per heavy atom. The predicted molar refractivity (Wildman–Crippen MR) is 77.8 cm³/mol. The lowest BCUT2D eigenvalue weighted by molar-refractivity contribution is 0.102. The molecule has 0 saturated carbocycles. The molecule has 106 valence electrons. The molecule has 0 bridgehead atoms. The van der Waals surface area contributed by atoms with Crippen LogP contribution in [-0.2, 0) is 7.05 Å². The third kappa shape index (κ3) is 2.69. The van der Waals surface area contributed by atoms with E-state index in [2.05, 4.69) is 15.4 Å². The largest absolute Gasteiger partial charge is 0.444 e. The van der Waals surface area contributed by atoms with E-state index in [0.717, 1.165) is 11.3 Å². The number of benzene rings is 1. The summed E-state index contributed by atoms with van der Waals surface area (Å²) in [5.41, 5.74) is 1.89. The monoisotopic (exact) mass is 282 g/mol. The summed E-state index contributed by atoms with van der Waals surface area (Å²) >= 11 is 0. The summed E-state index contributed by atoms with van der Waals surface area (Å²) < 4.78 is 6.95. The second kappa shape index (κ2) is 5.24. The van der Waals surface area contributed by atoms with Crippen molar-refractivity contribution in [3.05, 3.63) is 54.0 Å². The highest BCUT2D eigenvalue weighted by Gasteiger charge is 2.15. The Morgan fingerprint density at radius 1 is 1.29 bits per heavy atom. The summed E-state index contributed by atoms with van der Waals surface area (Å²) in [5.74, 6) is 0.702. The van der Waals surface area contributed by atoms with Crippen LogP contribution in [0.5, 0.6) is 0 Å². The Labute approximate surface area is 121 Å². The Bertz CT molecular complexity index is 774. The summed E-state index contributed by atoms with van der Waals surface area (Å²) in [6, 6.07) is 11.2. The number of nitrogens with zero attached hydrogens (tertiary/aromatic N) is 3. The number of oxazole rings is 1. The van der Waals surface area contributed by atoms with E-state index in [1.165, 1.54) is 6.26 Å². The minimum atomic E-state index is -0.330. The maximum Gasteiger partial charge on any atom is 0.278 e. The van der Waals surface area contributed by atoms with Crippen LogP contribution in [0.3, 0.4) is 0 Å². The summed E-state index contributed by atoms with van der Waals surface area (Å²) in [6.07, 6.45) is 1.35. The third-order valence-electron chi connectivity index (χ3n) is 3.00. The van der Waals surface area contributed by atoms with Gasteiger partial charge in [0.1, 0.15) is 12.1 Å². The van der Waals surface area contributed by atoms with Gasteiger partial charge in [-0.15, -0.1) is 0 Å². The van der Waals surface area contributed by atoms with Crippen molar-refractivity contribution in [3.8, 4) is 11.5 Å². The van der Waals surface area contributed by atoms with E-state index in [-0.39, 0.29) is 11.6 Å². The fraction of sp³-hybridized carbons (Fsp3) is 0.133. The van der Waals surface area contributed by atoms with Gasteiger partial charge in [0, 0.05) is 18.7 Å². The van der Waals surface area contributed by atoms with E-state index in [1.807, 2.05) is 37.3 Å². The SMILES string of the molecule is Cc1cc(NC(=O)c2coc(-c3ccccc3)n2)n(C)n1. The Kier molecular flexibility index (Phi) is 3.27. The molecule has 0 fully saturated rings. The molecule has 2 heterocycles. The van der Waals surface area contributed by atoms with E-state index in [0.29, 0.717) is 11.7 Å². The Morgan fingerprint density at radius 2 is 2.05 bits per heavy atom. The van der Waals surface area contributed by atoms with Gasteiger partial charge in [-0.1, -0.05) is 18.2 Å². The molecule has 2 aromatic heterocycles. The van der Waals surface area contributed by atoms with Gasteiger partial charge in [0.15, 0.2) is 5.69 Å². The molecule has 6 nitrogen and oxygen atoms in total. The maximum absolute atomic E-state index is 12.1. The Hall–Kier alpha value is -2.89. The molecule has 0 saturated heterocycles. The second-order valence-corrected chi connectivity index (χ2v) is 4.65. The highest BCUT2D eigenvalue weighted by atomic mass is 16.3. The van der Waals surface area contributed by atoms with Gasteiger partial charge in [-0.05, 0) is 19.1 Å². The first-order valence-electron chi connectivity index (χ1n) is 6.46. The van der Waals surface area contributed by atoms with Gasteiger partial charge in [0.05, 0.1) is 5.69 Å². The molecule has 0 unspecified atom stereocenters. The molecule has 0 aliphatic heterocycles. The zero-order valence-electron chi connectivity index (χ0n) is 11.7. The number of carbonyl (C=O) groups excluding carboxylic acids is 1. The van der Waals surface area contributed by atoms with Crippen molar-refractivity contribution >= 4 is 11.7 Å². The van der Waals surface area contributed by atoms with Crippen LogP contribution in [-0.4, -0.2) is 20.7 Å². The van der Waals surface area contributed by atoms with Gasteiger partial charge < -0.3 is 9.73 Å². The minimum absolute atomic E-state index is 0.229. The standard InChI is InChI=1S/C15H14N4O2/c1-10-8-13(19(2)18-10)17-14(20)12-9-21-15(16-12)11-6-4-3-5-7-11/h3-9H,1-2H3,(H,17,20). The molecule has 1 amide bonds. The van der Waals surface area contributed by atoms with Crippen LogP contribution < -0.4 is 5.32 Å². The van der Waals surface area contributed by atoms with Gasteiger partial charge in [0.25, 0.3) is 5.91 Å². The first kappa shape index (κ1) is 13.1. The number of rotatable bonds is 3. The molecule has 0 atom stereocenters. The van der Waals surface area contributed by atoms with Gasteiger partial charge in [-0.3, -0.25) is 9.48 Å². The van der Waals surface area contributed by atoms with Crippen molar-refractivity contribution in [2.45, 2.75) is 6.92 Å². The zero-order chi connectivity index (χ0) is 14.8. The molecule has 3 aromatic rings. The van der Waals surface area contributed by atoms with Crippen LogP contribution >= 0.6 is 0 Å². The smallest absolute Gasteiger partial charge is 0.278 e. The zero-order valence-corrected chi connectivity index (χ0v) is 11.7. The van der Waals surface area contributed by atoms with Crippen molar-refractivity contribution < 1.29 is 9.21 Å². The van der Waals surface area contributed by atoms with Gasteiger partial charge in [-0.2, -0.15) is 5.10 Å². The number of hydrogen-bond donors (Lipinski definition) is 1. The normalized spacial score (nSPS) is 10.6. The van der Waals surface area contributed by atoms with Crippen LogP contribution in [0.25, 0.3) is 11.5 Å². The third-order valence-corrected chi connectivity index (χ3v) is 3.00. The number of hydrogen-bond acceptors (Lipinski definition) is 4. The summed E-state index contributed by atoms with van der Waals surface area (Å²) in [7, 11) is 1.76. The molecule has 1 aromatic carbocycles. The molecule has 21 heavy (non-hydrogen) atoms. The van der Waals surface area contributed by atoms with Crippen LogP contribution in [0.4, 0.5) is 5.82 Å². The van der Waals surface area contributed by atoms with Gasteiger partial charge in [-0.25, -0.2) is 4.98 Å². The molecule has 1 N–H and O–H groups in total. The van der Waals surface area contributed by atoms with E-state index < -0.39 is 0 Å². The number of nitrogens with one attached hydrogen (secondary N) is 1. The molecule has 0 radical (unpaired) electrons. The lowest BCUT2D eigenvalue weighted by Crippen LogP contribution is -2.14. The first-order chi connectivity index (χ1) is 10.1. The van der Waals surface area contributed by atoms with Crippen molar-refractivity contribution in [2.24, 2.45) is 7.05 Å². The lowest BCUT2D eigenvalue weighted by Gasteiger charge is -2.01. The Balaban J connectivity index is 1.80. The van der Waals surface area contributed by atoms with Crippen LogP contribution in [0, 0.1) is 6.92 Å². The molecule has 0 spiro atoms. The molecule has 0 aliphatic rings. The van der Waals surface area contributed by atoms with Crippen molar-refractivity contribution in [3.63, 3.8) is 0 Å². The van der Waals surface area contributed by atoms with E-state index in [4.69, 9.17) is 4.42 Å². The van der Waals surface area contributed by atoms with E-state index in [1.54, 1.807) is 17.8 Å². The highest BCUT2D eigenvalue weighted by molar-refractivity contribution is 6.02. The van der Waals surface area contributed by atoms with Crippen LogP contribution in [0.15, 0.2) is 47.1 Å². The minimum Gasteiger partial charge on any atom is -0.444 e. The fourth-order valence-corrected chi connectivity index (χ4v) is 2.00. The number of carbonyl (C=O) groups is 1. The summed E-state index contributed by atoms with van der Waals surface area (Å²) in [4.78, 5) is 16.4. The highest BCUT2D eigenvalue weighted by Crippen LogP contribution is 2.18. The van der Waals surface area contributed by atoms with Gasteiger partial charge in [0.2, 0.25) is 5.89 Å². The predicted octanol–water partition coefficient (Wildman–Crippen LogP) is 2.64. The number of aryl methyl sites for hydroxylation is 2. The fourth-order valence-electron chi connectivity index (χ4n) is 2.00. The second-order valence-electron chi connectivity index (χ2n) is 4.65. The van der Waals surface area contributed by atoms with E-state index in [9.17, 15) is 4.79 Å².